The fraction of sp³-hybridized carbons (Fsp3) is 0.362. The van der Waals surface area contributed by atoms with Crippen molar-refractivity contribution in [2.45, 2.75) is 89.3 Å². The van der Waals surface area contributed by atoms with E-state index in [4.69, 9.17) is 16.3 Å². The molecular formula is C47H49ClFNO5S. The summed E-state index contributed by atoms with van der Waals surface area (Å²) < 4.78 is 21.1. The second-order valence-corrected chi connectivity index (χ2v) is 17.3. The molecule has 4 atom stereocenters. The first-order chi connectivity index (χ1) is 26.9. The van der Waals surface area contributed by atoms with Crippen molar-refractivity contribution in [3.8, 4) is 5.75 Å². The molecule has 3 aliphatic rings. The summed E-state index contributed by atoms with van der Waals surface area (Å²) in [7, 11) is 0. The number of amides is 1. The number of ketones is 1. The fourth-order valence-corrected chi connectivity index (χ4v) is 9.77. The minimum Gasteiger partial charge on any atom is -0.410 e. The first-order valence-corrected chi connectivity index (χ1v) is 20.8. The number of hydrogen-bond acceptors (Lipinski definition) is 6. The van der Waals surface area contributed by atoms with Crippen LogP contribution >= 0.6 is 22.9 Å². The molecule has 2 bridgehead atoms. The molecule has 5 aromatic rings. The third-order valence-electron chi connectivity index (χ3n) is 12.2. The summed E-state index contributed by atoms with van der Waals surface area (Å²) in [6.45, 7) is 4.55. The number of carbonyl (C=O) groups is 2. The second kappa shape index (κ2) is 17.0. The normalized spacial score (nSPS) is 22.6. The molecule has 1 saturated carbocycles. The quantitative estimate of drug-likeness (QED) is 0.115. The fourth-order valence-electron chi connectivity index (χ4n) is 8.85. The van der Waals surface area contributed by atoms with Crippen LogP contribution in [0.15, 0.2) is 108 Å². The number of aliphatic hydroxyl groups excluding tert-OH is 1. The van der Waals surface area contributed by atoms with E-state index in [9.17, 15) is 19.8 Å². The van der Waals surface area contributed by atoms with Crippen molar-refractivity contribution in [1.82, 2.24) is 4.90 Å². The maximum atomic E-state index is 15.0. The molecule has 1 heterocycles. The second-order valence-electron chi connectivity index (χ2n) is 15.9. The Balaban J connectivity index is 1.25. The molecule has 0 aliphatic heterocycles. The number of nitrogens with zero attached hydrogens (tertiary/aromatic N) is 1. The number of rotatable bonds is 9. The average molecular weight is 794 g/mol. The van der Waals surface area contributed by atoms with E-state index in [2.05, 4.69) is 19.9 Å². The molecule has 1 fully saturated rings. The standard InChI is InChI=1S/C47H49ClFNO5S/c1-31-8-6-22-46(2)41(38-19-15-32(26-35(51)17-14-31)27-39(38)44(52)29-40-42(48)12-5-13-43(40)49)20-23-47(46,54)30-50(24-21-37-11-7-25-56-37)45(53)55-36-18-16-33-9-3-4-10-34(33)28-36/h3-5,7-13,15-16,18-19,25,27-28,35,41,51,54H,6,14,17,20-24,26,29-30H2,1-2H3. The highest BCUT2D eigenvalue weighted by atomic mass is 35.5. The summed E-state index contributed by atoms with van der Waals surface area (Å²) in [5, 5.41) is 28.3. The van der Waals surface area contributed by atoms with Gasteiger partial charge in [-0.15, -0.1) is 11.3 Å². The Hall–Kier alpha value is -4.34. The first kappa shape index (κ1) is 39.9. The van der Waals surface area contributed by atoms with Crippen LogP contribution in [-0.2, 0) is 19.3 Å². The molecule has 56 heavy (non-hydrogen) atoms. The SMILES string of the molecule is CC1=CCCC2(C)C(CCC2(O)CN(CCc2cccs2)C(=O)Oc2ccc3ccccc3c2)c2ccc(cc2C(=O)Cc2c(F)cccc2Cl)CC(O)CC1. The molecule has 0 spiro atoms. The van der Waals surface area contributed by atoms with Gasteiger partial charge in [-0.05, 0) is 128 Å². The number of fused-ring (bicyclic) bond motifs is 9. The van der Waals surface area contributed by atoms with Gasteiger partial charge in [-0.2, -0.15) is 0 Å². The summed E-state index contributed by atoms with van der Waals surface area (Å²) in [6.07, 6.45) is 5.32. The van der Waals surface area contributed by atoms with E-state index in [1.807, 2.05) is 72.1 Å². The number of hydrogen-bond donors (Lipinski definition) is 2. The van der Waals surface area contributed by atoms with Gasteiger partial charge in [0.2, 0.25) is 0 Å². The highest BCUT2D eigenvalue weighted by Gasteiger charge is 2.57. The molecule has 1 aromatic heterocycles. The molecule has 4 unspecified atom stereocenters. The Kier molecular flexibility index (Phi) is 12.1. The van der Waals surface area contributed by atoms with E-state index in [0.717, 1.165) is 33.2 Å². The van der Waals surface area contributed by atoms with Crippen molar-refractivity contribution in [2.75, 3.05) is 13.1 Å². The molecule has 292 valence electrons. The van der Waals surface area contributed by atoms with E-state index >= 15 is 4.39 Å². The topological polar surface area (TPSA) is 87.1 Å². The van der Waals surface area contributed by atoms with Crippen molar-refractivity contribution >= 4 is 45.6 Å². The van der Waals surface area contributed by atoms with Gasteiger partial charge in [-0.1, -0.05) is 84.8 Å². The number of thiophene rings is 1. The number of allylic oxidation sites excluding steroid dienone is 2. The minimum atomic E-state index is -1.35. The predicted molar refractivity (Wildman–Crippen MR) is 222 cm³/mol. The summed E-state index contributed by atoms with van der Waals surface area (Å²) in [6, 6.07) is 27.7. The van der Waals surface area contributed by atoms with Crippen molar-refractivity contribution < 1.29 is 28.9 Å². The highest BCUT2D eigenvalue weighted by Crippen LogP contribution is 2.59. The van der Waals surface area contributed by atoms with Gasteiger partial charge in [0.1, 0.15) is 11.6 Å². The zero-order valence-corrected chi connectivity index (χ0v) is 33.6. The van der Waals surface area contributed by atoms with Crippen LogP contribution in [0, 0.1) is 11.2 Å². The number of halogens is 2. The maximum absolute atomic E-state index is 15.0. The number of aliphatic hydroxyl groups is 2. The number of benzene rings is 4. The van der Waals surface area contributed by atoms with Crippen LogP contribution in [0.4, 0.5) is 9.18 Å². The van der Waals surface area contributed by atoms with Crippen molar-refractivity contribution in [3.63, 3.8) is 0 Å². The maximum Gasteiger partial charge on any atom is 0.415 e. The lowest BCUT2D eigenvalue weighted by atomic mass is 9.64. The smallest absolute Gasteiger partial charge is 0.410 e. The largest absolute Gasteiger partial charge is 0.415 e. The number of ether oxygens (including phenoxy) is 1. The number of Topliss-reactive ketones (excluding diaryl/α,β-unsaturated/α-hetero) is 1. The van der Waals surface area contributed by atoms with Gasteiger partial charge in [0, 0.05) is 39.4 Å². The van der Waals surface area contributed by atoms with Gasteiger partial charge in [0.05, 0.1) is 18.2 Å². The predicted octanol–water partition coefficient (Wildman–Crippen LogP) is 10.9. The van der Waals surface area contributed by atoms with E-state index in [1.54, 1.807) is 28.4 Å². The van der Waals surface area contributed by atoms with Crippen molar-refractivity contribution in [3.05, 3.63) is 146 Å². The van der Waals surface area contributed by atoms with E-state index in [1.165, 1.54) is 17.7 Å². The molecule has 8 rings (SSSR count). The molecule has 4 aromatic carbocycles. The van der Waals surface area contributed by atoms with Crippen LogP contribution in [0.25, 0.3) is 10.8 Å². The zero-order chi connectivity index (χ0) is 39.5. The van der Waals surface area contributed by atoms with Crippen molar-refractivity contribution in [2.24, 2.45) is 5.41 Å². The molecule has 0 saturated heterocycles. The molecule has 6 nitrogen and oxygen atoms in total. The third-order valence-corrected chi connectivity index (χ3v) is 13.5. The van der Waals surface area contributed by atoms with E-state index in [0.29, 0.717) is 62.8 Å². The molecule has 3 aliphatic carbocycles. The van der Waals surface area contributed by atoms with Crippen LogP contribution in [0.3, 0.4) is 0 Å². The Morgan fingerprint density at radius 2 is 1.80 bits per heavy atom. The Bertz CT molecular complexity index is 2220. The van der Waals surface area contributed by atoms with Gasteiger partial charge in [-0.25, -0.2) is 9.18 Å². The van der Waals surface area contributed by atoms with Crippen LogP contribution in [0.5, 0.6) is 5.75 Å². The molecule has 2 N–H and O–H groups in total. The van der Waals surface area contributed by atoms with Crippen molar-refractivity contribution in [1.29, 1.82) is 0 Å². The molecule has 0 radical (unpaired) electrons. The highest BCUT2D eigenvalue weighted by molar-refractivity contribution is 7.09. The first-order valence-electron chi connectivity index (χ1n) is 19.6. The lowest BCUT2D eigenvalue weighted by Gasteiger charge is -2.46. The molecule has 9 heteroatoms. The third kappa shape index (κ3) is 8.64. The molecular weight excluding hydrogens is 745 g/mol. The van der Waals surface area contributed by atoms with Gasteiger partial charge in [-0.3, -0.25) is 4.79 Å². The summed E-state index contributed by atoms with van der Waals surface area (Å²) in [5.41, 5.74) is 1.22. The Morgan fingerprint density at radius 3 is 2.59 bits per heavy atom. The summed E-state index contributed by atoms with van der Waals surface area (Å²) >= 11 is 8.03. The Morgan fingerprint density at radius 1 is 0.982 bits per heavy atom. The van der Waals surface area contributed by atoms with Gasteiger partial charge < -0.3 is 19.8 Å². The van der Waals surface area contributed by atoms with Gasteiger partial charge >= 0.3 is 6.09 Å². The van der Waals surface area contributed by atoms with Crippen LogP contribution < -0.4 is 4.74 Å². The monoisotopic (exact) mass is 793 g/mol. The summed E-state index contributed by atoms with van der Waals surface area (Å²) in [4.78, 5) is 31.3. The number of carbonyl (C=O) groups excluding carboxylic acids is 2. The van der Waals surface area contributed by atoms with Crippen LogP contribution in [0.1, 0.15) is 90.2 Å². The lowest BCUT2D eigenvalue weighted by molar-refractivity contribution is -0.0789. The summed E-state index contributed by atoms with van der Waals surface area (Å²) in [5.74, 6) is -0.657. The zero-order valence-electron chi connectivity index (χ0n) is 32.0. The van der Waals surface area contributed by atoms with Gasteiger partial charge in [0.25, 0.3) is 0 Å². The van der Waals surface area contributed by atoms with Gasteiger partial charge in [0.15, 0.2) is 5.78 Å². The van der Waals surface area contributed by atoms with Crippen LogP contribution in [0.2, 0.25) is 5.02 Å². The van der Waals surface area contributed by atoms with Crippen LogP contribution in [-0.4, -0.2) is 51.8 Å². The molecule has 1 amide bonds. The Labute approximate surface area is 337 Å². The lowest BCUT2D eigenvalue weighted by Crippen LogP contribution is -2.54. The van der Waals surface area contributed by atoms with E-state index < -0.39 is 29.0 Å². The average Bonchev–Trinajstić information content (AvgIpc) is 3.79. The minimum absolute atomic E-state index is 0.0406. The van der Waals surface area contributed by atoms with E-state index in [-0.39, 0.29) is 35.3 Å².